The zero-order valence-electron chi connectivity index (χ0n) is 14.0. The van der Waals surface area contributed by atoms with E-state index in [1.54, 1.807) is 19.2 Å². The van der Waals surface area contributed by atoms with Crippen LogP contribution in [0.4, 0.5) is 0 Å². The summed E-state index contributed by atoms with van der Waals surface area (Å²) in [5.41, 5.74) is 0.775. The first-order valence-corrected chi connectivity index (χ1v) is 8.39. The normalized spacial score (nSPS) is 18.2. The molecule has 1 aliphatic rings. The van der Waals surface area contributed by atoms with Gasteiger partial charge in [0.15, 0.2) is 0 Å². The molecule has 0 aromatic heterocycles. The number of benzene rings is 1. The highest BCUT2D eigenvalue weighted by atomic mass is 16.5. The lowest BCUT2D eigenvalue weighted by molar-refractivity contribution is -0.122. The van der Waals surface area contributed by atoms with Crippen LogP contribution in [-0.2, 0) is 4.79 Å². The summed E-state index contributed by atoms with van der Waals surface area (Å²) >= 11 is 0. The first-order chi connectivity index (χ1) is 11.1. The van der Waals surface area contributed by atoms with Gasteiger partial charge in [-0.05, 0) is 55.5 Å². The number of ether oxygens (including phenoxy) is 1. The summed E-state index contributed by atoms with van der Waals surface area (Å²) in [4.78, 5) is 12.1. The first-order valence-electron chi connectivity index (χ1n) is 8.39. The van der Waals surface area contributed by atoms with Gasteiger partial charge < -0.3 is 20.5 Å². The van der Waals surface area contributed by atoms with Gasteiger partial charge in [-0.3, -0.25) is 4.79 Å². The number of nitrogens with one attached hydrogen (secondary N) is 2. The predicted molar refractivity (Wildman–Crippen MR) is 90.3 cm³/mol. The summed E-state index contributed by atoms with van der Waals surface area (Å²) in [6.45, 7) is 4.49. The first kappa shape index (κ1) is 17.8. The second-order valence-electron chi connectivity index (χ2n) is 6.36. The van der Waals surface area contributed by atoms with Crippen LogP contribution in [0.3, 0.4) is 0 Å². The molecule has 5 nitrogen and oxygen atoms in total. The molecule has 0 radical (unpaired) electrons. The van der Waals surface area contributed by atoms with E-state index < -0.39 is 6.10 Å². The molecule has 1 aromatic carbocycles. The molecule has 0 aliphatic carbocycles. The Balaban J connectivity index is 1.74. The van der Waals surface area contributed by atoms with Crippen LogP contribution in [0.25, 0.3) is 0 Å². The van der Waals surface area contributed by atoms with Gasteiger partial charge in [0.1, 0.15) is 5.75 Å². The molecule has 1 fully saturated rings. The van der Waals surface area contributed by atoms with Crippen LogP contribution in [0, 0.1) is 11.8 Å². The summed E-state index contributed by atoms with van der Waals surface area (Å²) in [5, 5.41) is 16.3. The van der Waals surface area contributed by atoms with E-state index in [2.05, 4.69) is 17.6 Å². The Morgan fingerprint density at radius 1 is 1.35 bits per heavy atom. The molecule has 1 amide bonds. The quantitative estimate of drug-likeness (QED) is 0.717. The zero-order chi connectivity index (χ0) is 16.7. The molecule has 1 aliphatic heterocycles. The highest BCUT2D eigenvalue weighted by molar-refractivity contribution is 5.76. The van der Waals surface area contributed by atoms with Gasteiger partial charge in [-0.1, -0.05) is 19.1 Å². The molecule has 128 valence electrons. The molecule has 2 atom stereocenters. The van der Waals surface area contributed by atoms with Crippen molar-refractivity contribution >= 4 is 5.91 Å². The fourth-order valence-corrected chi connectivity index (χ4v) is 3.10. The molecule has 1 heterocycles. The van der Waals surface area contributed by atoms with Crippen molar-refractivity contribution in [3.8, 4) is 5.75 Å². The third-order valence-corrected chi connectivity index (χ3v) is 4.69. The van der Waals surface area contributed by atoms with E-state index in [9.17, 15) is 9.90 Å². The van der Waals surface area contributed by atoms with E-state index in [0.717, 1.165) is 37.2 Å². The van der Waals surface area contributed by atoms with Crippen LogP contribution < -0.4 is 15.4 Å². The Hall–Kier alpha value is -1.59. The lowest BCUT2D eigenvalue weighted by atomic mass is 9.84. The van der Waals surface area contributed by atoms with Gasteiger partial charge in [-0.25, -0.2) is 0 Å². The molecule has 5 heteroatoms. The Morgan fingerprint density at radius 2 is 2.00 bits per heavy atom. The Labute approximate surface area is 138 Å². The Morgan fingerprint density at radius 3 is 2.61 bits per heavy atom. The number of aliphatic hydroxyl groups is 1. The monoisotopic (exact) mass is 320 g/mol. The highest BCUT2D eigenvalue weighted by Crippen LogP contribution is 2.24. The Kier molecular flexibility index (Phi) is 6.86. The van der Waals surface area contributed by atoms with Crippen molar-refractivity contribution in [1.29, 1.82) is 0 Å². The number of aliphatic hydroxyl groups excluding tert-OH is 1. The van der Waals surface area contributed by atoms with Gasteiger partial charge in [0.2, 0.25) is 5.91 Å². The van der Waals surface area contributed by atoms with Crippen molar-refractivity contribution in [1.82, 2.24) is 10.6 Å². The smallest absolute Gasteiger partial charge is 0.220 e. The van der Waals surface area contributed by atoms with E-state index in [1.807, 2.05) is 12.1 Å². The summed E-state index contributed by atoms with van der Waals surface area (Å²) in [6.07, 6.45) is 2.12. The van der Waals surface area contributed by atoms with Crippen LogP contribution in [0.15, 0.2) is 24.3 Å². The molecule has 0 spiro atoms. The van der Waals surface area contributed by atoms with Crippen LogP contribution in [-0.4, -0.2) is 37.8 Å². The lowest BCUT2D eigenvalue weighted by Gasteiger charge is -2.28. The molecule has 2 unspecified atom stereocenters. The number of methoxy groups -OCH3 is 1. The van der Waals surface area contributed by atoms with Crippen molar-refractivity contribution in [2.75, 3.05) is 26.7 Å². The van der Waals surface area contributed by atoms with Gasteiger partial charge in [0, 0.05) is 13.0 Å². The minimum Gasteiger partial charge on any atom is -0.497 e. The molecule has 1 saturated heterocycles. The third kappa shape index (κ3) is 5.52. The highest BCUT2D eigenvalue weighted by Gasteiger charge is 2.22. The zero-order valence-corrected chi connectivity index (χ0v) is 14.0. The number of amides is 1. The molecule has 0 bridgehead atoms. The number of hydrogen-bond donors (Lipinski definition) is 3. The van der Waals surface area contributed by atoms with E-state index in [4.69, 9.17) is 4.74 Å². The van der Waals surface area contributed by atoms with Gasteiger partial charge in [-0.15, -0.1) is 0 Å². The summed E-state index contributed by atoms with van der Waals surface area (Å²) < 4.78 is 5.09. The largest absolute Gasteiger partial charge is 0.497 e. The number of hydrogen-bond acceptors (Lipinski definition) is 4. The second kappa shape index (κ2) is 8.89. The summed E-state index contributed by atoms with van der Waals surface area (Å²) in [7, 11) is 1.61. The van der Waals surface area contributed by atoms with Gasteiger partial charge in [0.25, 0.3) is 0 Å². The average Bonchev–Trinajstić information content (AvgIpc) is 2.60. The van der Waals surface area contributed by atoms with Crippen molar-refractivity contribution < 1.29 is 14.6 Å². The summed E-state index contributed by atoms with van der Waals surface area (Å²) in [5.74, 6) is 1.77. The fraction of sp³-hybridized carbons (Fsp3) is 0.611. The van der Waals surface area contributed by atoms with E-state index in [-0.39, 0.29) is 12.5 Å². The SMILES string of the molecule is COc1ccc(C(O)CNC(=O)CC(C)C2CCNCC2)cc1. The maximum Gasteiger partial charge on any atom is 0.220 e. The summed E-state index contributed by atoms with van der Waals surface area (Å²) in [6, 6.07) is 7.24. The minimum atomic E-state index is -0.695. The third-order valence-electron chi connectivity index (χ3n) is 4.69. The molecular formula is C18H28N2O3. The van der Waals surface area contributed by atoms with Crippen molar-refractivity contribution in [3.05, 3.63) is 29.8 Å². The van der Waals surface area contributed by atoms with Gasteiger partial charge >= 0.3 is 0 Å². The number of carbonyl (C=O) groups is 1. The van der Waals surface area contributed by atoms with Crippen LogP contribution in [0.1, 0.15) is 37.9 Å². The topological polar surface area (TPSA) is 70.6 Å². The molecule has 1 aromatic rings. The Bertz CT molecular complexity index is 484. The second-order valence-corrected chi connectivity index (χ2v) is 6.36. The predicted octanol–water partition coefficient (Wildman–Crippen LogP) is 1.87. The van der Waals surface area contributed by atoms with Crippen molar-refractivity contribution in [2.45, 2.75) is 32.3 Å². The maximum atomic E-state index is 12.1. The molecular weight excluding hydrogens is 292 g/mol. The lowest BCUT2D eigenvalue weighted by Crippen LogP contribution is -2.34. The van der Waals surface area contributed by atoms with Crippen molar-refractivity contribution in [2.24, 2.45) is 11.8 Å². The van der Waals surface area contributed by atoms with Crippen LogP contribution in [0.2, 0.25) is 0 Å². The molecule has 2 rings (SSSR count). The van der Waals surface area contributed by atoms with E-state index >= 15 is 0 Å². The van der Waals surface area contributed by atoms with Gasteiger partial charge in [-0.2, -0.15) is 0 Å². The average molecular weight is 320 g/mol. The van der Waals surface area contributed by atoms with E-state index in [0.29, 0.717) is 18.3 Å². The minimum absolute atomic E-state index is 0.0172. The molecule has 3 N–H and O–H groups in total. The number of rotatable bonds is 7. The van der Waals surface area contributed by atoms with Crippen LogP contribution in [0.5, 0.6) is 5.75 Å². The van der Waals surface area contributed by atoms with E-state index in [1.165, 1.54) is 0 Å². The van der Waals surface area contributed by atoms with Gasteiger partial charge in [0.05, 0.1) is 13.2 Å². The number of piperidine rings is 1. The van der Waals surface area contributed by atoms with Crippen molar-refractivity contribution in [3.63, 3.8) is 0 Å². The van der Waals surface area contributed by atoms with Crippen LogP contribution >= 0.6 is 0 Å². The maximum absolute atomic E-state index is 12.1. The number of carbonyl (C=O) groups excluding carboxylic acids is 1. The standard InChI is InChI=1S/C18H28N2O3/c1-13(14-7-9-19-10-8-14)11-18(22)20-12-17(21)15-3-5-16(23-2)6-4-15/h3-6,13-14,17,19,21H,7-12H2,1-2H3,(H,20,22). The molecule has 0 saturated carbocycles. The molecule has 23 heavy (non-hydrogen) atoms. The fourth-order valence-electron chi connectivity index (χ4n) is 3.10.